The van der Waals surface area contributed by atoms with Crippen molar-refractivity contribution in [3.8, 4) is 0 Å². The Morgan fingerprint density at radius 3 is 1.77 bits per heavy atom. The largest absolute Gasteiger partial charge is 0.469 e. The molecule has 0 heterocycles. The molecule has 2 rings (SSSR count). The van der Waals surface area contributed by atoms with Crippen LogP contribution in [0.5, 0.6) is 0 Å². The quantitative estimate of drug-likeness (QED) is 0.736. The van der Waals surface area contributed by atoms with Crippen LogP contribution in [0, 0.1) is 0 Å². The Labute approximate surface area is 153 Å². The zero-order valence-electron chi connectivity index (χ0n) is 15.1. The van der Waals surface area contributed by atoms with Crippen LogP contribution in [-0.2, 0) is 31.9 Å². The Hall–Kier alpha value is -2.66. The van der Waals surface area contributed by atoms with Crippen molar-refractivity contribution in [3.05, 3.63) is 70.8 Å². The third-order valence-corrected chi connectivity index (χ3v) is 4.24. The molecule has 26 heavy (non-hydrogen) atoms. The van der Waals surface area contributed by atoms with Gasteiger partial charge in [-0.1, -0.05) is 55.5 Å². The van der Waals surface area contributed by atoms with Gasteiger partial charge < -0.3 is 14.6 Å². The molecule has 0 saturated heterocycles. The molecule has 138 valence electrons. The highest BCUT2D eigenvalue weighted by atomic mass is 16.5. The summed E-state index contributed by atoms with van der Waals surface area (Å²) < 4.78 is 9.54. The molecule has 0 spiro atoms. The summed E-state index contributed by atoms with van der Waals surface area (Å²) in [5.74, 6) is -0.405. The minimum atomic E-state index is -0.346. The van der Waals surface area contributed by atoms with Crippen LogP contribution in [0.4, 0.5) is 0 Å². The van der Waals surface area contributed by atoms with Crippen molar-refractivity contribution in [3.63, 3.8) is 0 Å². The summed E-state index contributed by atoms with van der Waals surface area (Å²) in [7, 11) is 1.38. The Kier molecular flexibility index (Phi) is 7.36. The molecule has 2 aromatic carbocycles. The summed E-state index contributed by atoms with van der Waals surface area (Å²) in [5.41, 5.74) is 4.08. The number of aliphatic hydroxyl groups excluding tert-OH is 1. The molecule has 0 aliphatic heterocycles. The van der Waals surface area contributed by atoms with Crippen molar-refractivity contribution in [2.75, 3.05) is 20.3 Å². The van der Waals surface area contributed by atoms with E-state index in [1.807, 2.05) is 48.5 Å². The number of methoxy groups -OCH3 is 1. The topological polar surface area (TPSA) is 72.8 Å². The van der Waals surface area contributed by atoms with E-state index in [1.54, 1.807) is 0 Å². The Bertz CT molecular complexity index is 719. The smallest absolute Gasteiger partial charge is 0.310 e. The van der Waals surface area contributed by atoms with Gasteiger partial charge in [-0.15, -0.1) is 0 Å². The summed E-state index contributed by atoms with van der Waals surface area (Å²) in [5, 5.41) is 8.66. The van der Waals surface area contributed by atoms with Gasteiger partial charge in [0.15, 0.2) is 0 Å². The lowest BCUT2D eigenvalue weighted by Gasteiger charge is -2.14. The van der Waals surface area contributed by atoms with Crippen LogP contribution in [0.2, 0.25) is 0 Å². The molecular formula is C21H24O5. The van der Waals surface area contributed by atoms with Crippen molar-refractivity contribution >= 4 is 11.9 Å². The van der Waals surface area contributed by atoms with Gasteiger partial charge in [0, 0.05) is 5.92 Å². The number of carbonyl (C=O) groups excluding carboxylic acids is 2. The monoisotopic (exact) mass is 356 g/mol. The summed E-state index contributed by atoms with van der Waals surface area (Å²) >= 11 is 0. The molecule has 0 bridgehead atoms. The molecule has 0 aliphatic rings. The maximum Gasteiger partial charge on any atom is 0.310 e. The van der Waals surface area contributed by atoms with E-state index in [1.165, 1.54) is 7.11 Å². The van der Waals surface area contributed by atoms with Gasteiger partial charge in [0.2, 0.25) is 0 Å². The molecular weight excluding hydrogens is 332 g/mol. The molecule has 0 aliphatic carbocycles. The maximum atomic E-state index is 11.6. The molecule has 0 fully saturated rings. The lowest BCUT2D eigenvalue weighted by Crippen LogP contribution is -2.11. The molecule has 2 aromatic rings. The SMILES string of the molecule is COC(=O)Cc1ccc(C(C)c2ccc(CC(=O)OCCO)cc2)cc1. The summed E-state index contributed by atoms with van der Waals surface area (Å²) in [6.07, 6.45) is 0.461. The average Bonchev–Trinajstić information content (AvgIpc) is 2.67. The van der Waals surface area contributed by atoms with Gasteiger partial charge in [0.1, 0.15) is 6.61 Å². The number of hydrogen-bond donors (Lipinski definition) is 1. The zero-order chi connectivity index (χ0) is 18.9. The van der Waals surface area contributed by atoms with Crippen LogP contribution in [0.25, 0.3) is 0 Å². The van der Waals surface area contributed by atoms with Crippen molar-refractivity contribution in [1.82, 2.24) is 0 Å². The Morgan fingerprint density at radius 2 is 1.35 bits per heavy atom. The first-order valence-corrected chi connectivity index (χ1v) is 8.54. The fourth-order valence-corrected chi connectivity index (χ4v) is 2.66. The summed E-state index contributed by atoms with van der Waals surface area (Å²) in [4.78, 5) is 22.9. The minimum absolute atomic E-state index is 0.0277. The van der Waals surface area contributed by atoms with Gasteiger partial charge >= 0.3 is 11.9 Å². The fraction of sp³-hybridized carbons (Fsp3) is 0.333. The Morgan fingerprint density at radius 1 is 0.885 bits per heavy atom. The van der Waals surface area contributed by atoms with Gasteiger partial charge in [-0.25, -0.2) is 0 Å². The van der Waals surface area contributed by atoms with Crippen LogP contribution >= 0.6 is 0 Å². The van der Waals surface area contributed by atoms with Crippen LogP contribution in [0.3, 0.4) is 0 Å². The van der Waals surface area contributed by atoms with Crippen molar-refractivity contribution in [1.29, 1.82) is 0 Å². The normalized spacial score (nSPS) is 11.7. The molecule has 0 saturated carbocycles. The molecule has 1 unspecified atom stereocenters. The lowest BCUT2D eigenvalue weighted by atomic mass is 9.91. The number of hydrogen-bond acceptors (Lipinski definition) is 5. The van der Waals surface area contributed by atoms with E-state index in [0.717, 1.165) is 22.3 Å². The third kappa shape index (κ3) is 5.70. The first-order chi connectivity index (χ1) is 12.5. The second kappa shape index (κ2) is 9.73. The molecule has 5 nitrogen and oxygen atoms in total. The highest BCUT2D eigenvalue weighted by Crippen LogP contribution is 2.25. The first-order valence-electron chi connectivity index (χ1n) is 8.54. The summed E-state index contributed by atoms with van der Waals surface area (Å²) in [6, 6.07) is 15.7. The number of aliphatic hydroxyl groups is 1. The lowest BCUT2D eigenvalue weighted by molar-refractivity contribution is -0.144. The standard InChI is InChI=1S/C21H24O5/c1-15(18-7-3-16(4-8-18)13-20(23)25-2)19-9-5-17(6-10-19)14-21(24)26-12-11-22/h3-10,15,22H,11-14H2,1-2H3. The number of carbonyl (C=O) groups is 2. The van der Waals surface area contributed by atoms with Gasteiger partial charge in [-0.2, -0.15) is 0 Å². The molecule has 0 radical (unpaired) electrons. The average molecular weight is 356 g/mol. The van der Waals surface area contributed by atoms with Gasteiger partial charge in [-0.05, 0) is 22.3 Å². The predicted molar refractivity (Wildman–Crippen MR) is 97.9 cm³/mol. The van der Waals surface area contributed by atoms with E-state index in [9.17, 15) is 9.59 Å². The van der Waals surface area contributed by atoms with Crippen LogP contribution in [0.1, 0.15) is 35.1 Å². The van der Waals surface area contributed by atoms with E-state index >= 15 is 0 Å². The maximum absolute atomic E-state index is 11.6. The van der Waals surface area contributed by atoms with E-state index in [4.69, 9.17) is 9.84 Å². The fourth-order valence-electron chi connectivity index (χ4n) is 2.66. The number of ether oxygens (including phenoxy) is 2. The van der Waals surface area contributed by atoms with Gasteiger partial charge in [-0.3, -0.25) is 9.59 Å². The van der Waals surface area contributed by atoms with Crippen LogP contribution in [-0.4, -0.2) is 37.4 Å². The number of esters is 2. The number of rotatable bonds is 8. The molecule has 0 amide bonds. The van der Waals surface area contributed by atoms with E-state index in [0.29, 0.717) is 0 Å². The second-order valence-electron chi connectivity index (χ2n) is 6.08. The van der Waals surface area contributed by atoms with Crippen molar-refractivity contribution in [2.45, 2.75) is 25.7 Å². The minimum Gasteiger partial charge on any atom is -0.469 e. The van der Waals surface area contributed by atoms with Crippen molar-refractivity contribution in [2.24, 2.45) is 0 Å². The highest BCUT2D eigenvalue weighted by molar-refractivity contribution is 5.73. The summed E-state index contributed by atoms with van der Waals surface area (Å²) in [6.45, 7) is 1.97. The second-order valence-corrected chi connectivity index (χ2v) is 6.08. The van der Waals surface area contributed by atoms with Crippen LogP contribution < -0.4 is 0 Å². The number of benzene rings is 2. The molecule has 5 heteroatoms. The molecule has 1 atom stereocenters. The van der Waals surface area contributed by atoms with Gasteiger partial charge in [0.25, 0.3) is 0 Å². The van der Waals surface area contributed by atoms with Crippen LogP contribution in [0.15, 0.2) is 48.5 Å². The van der Waals surface area contributed by atoms with E-state index in [-0.39, 0.29) is 43.9 Å². The predicted octanol–water partition coefficient (Wildman–Crippen LogP) is 2.63. The van der Waals surface area contributed by atoms with Crippen molar-refractivity contribution < 1.29 is 24.2 Å². The highest BCUT2D eigenvalue weighted by Gasteiger charge is 2.11. The van der Waals surface area contributed by atoms with E-state index in [2.05, 4.69) is 11.7 Å². The van der Waals surface area contributed by atoms with Gasteiger partial charge in [0.05, 0.1) is 26.6 Å². The Balaban J connectivity index is 1.99. The third-order valence-electron chi connectivity index (χ3n) is 4.24. The zero-order valence-corrected chi connectivity index (χ0v) is 15.1. The van der Waals surface area contributed by atoms with E-state index < -0.39 is 0 Å². The molecule has 1 N–H and O–H groups in total. The first kappa shape index (κ1) is 19.7. The molecule has 0 aromatic heterocycles.